The predicted molar refractivity (Wildman–Crippen MR) is 78.2 cm³/mol. The summed E-state index contributed by atoms with van der Waals surface area (Å²) in [7, 11) is 0. The molecule has 0 spiro atoms. The first-order valence-electron chi connectivity index (χ1n) is 7.41. The average Bonchev–Trinajstić information content (AvgIpc) is 3.30. The normalized spacial score (nSPS) is 18.9. The number of ether oxygens (including phenoxy) is 1. The zero-order chi connectivity index (χ0) is 13.8. The van der Waals surface area contributed by atoms with Gasteiger partial charge in [-0.2, -0.15) is 15.0 Å². The van der Waals surface area contributed by atoms with E-state index in [0.717, 1.165) is 51.3 Å². The van der Waals surface area contributed by atoms with E-state index < -0.39 is 0 Å². The van der Waals surface area contributed by atoms with Gasteiger partial charge in [-0.3, -0.25) is 0 Å². The Morgan fingerprint density at radius 1 is 1.10 bits per heavy atom. The molecule has 0 radical (unpaired) electrons. The molecule has 1 aliphatic heterocycles. The monoisotopic (exact) mass is 278 g/mol. The summed E-state index contributed by atoms with van der Waals surface area (Å²) < 4.78 is 5.37. The first-order valence-corrected chi connectivity index (χ1v) is 7.41. The smallest absolute Gasteiger partial charge is 0.232 e. The fraction of sp³-hybridized carbons (Fsp3) is 0.769. The Morgan fingerprint density at radius 2 is 1.80 bits per heavy atom. The third-order valence-corrected chi connectivity index (χ3v) is 3.50. The molecule has 2 aliphatic rings. The van der Waals surface area contributed by atoms with Crippen molar-refractivity contribution in [3.8, 4) is 0 Å². The number of aromatic nitrogens is 3. The lowest BCUT2D eigenvalue weighted by Gasteiger charge is -2.27. The highest BCUT2D eigenvalue weighted by molar-refractivity contribution is 5.44. The molecule has 3 rings (SSSR count). The summed E-state index contributed by atoms with van der Waals surface area (Å²) >= 11 is 0. The van der Waals surface area contributed by atoms with Crippen molar-refractivity contribution in [1.82, 2.24) is 15.0 Å². The van der Waals surface area contributed by atoms with Crippen LogP contribution in [0.15, 0.2) is 0 Å². The minimum Gasteiger partial charge on any atom is -0.378 e. The van der Waals surface area contributed by atoms with Gasteiger partial charge in [0.15, 0.2) is 0 Å². The Labute approximate surface area is 119 Å². The maximum absolute atomic E-state index is 5.37. The number of hydrogen-bond acceptors (Lipinski definition) is 7. The number of nitrogens with one attached hydrogen (secondary N) is 2. The van der Waals surface area contributed by atoms with Gasteiger partial charge in [0.1, 0.15) is 0 Å². The third-order valence-electron chi connectivity index (χ3n) is 3.50. The standard InChI is InChI=1S/C13H22N6O/c1-2-14-11-16-12(15-9-10-3-4-10)18-13(17-11)19-5-7-20-8-6-19/h10H,2-9H2,1H3,(H2,14,15,16,17,18). The summed E-state index contributed by atoms with van der Waals surface area (Å²) in [6.45, 7) is 6.91. The lowest BCUT2D eigenvalue weighted by Crippen LogP contribution is -2.37. The van der Waals surface area contributed by atoms with Gasteiger partial charge >= 0.3 is 0 Å². The second kappa shape index (κ2) is 6.21. The van der Waals surface area contributed by atoms with Gasteiger partial charge in [0.25, 0.3) is 0 Å². The fourth-order valence-electron chi connectivity index (χ4n) is 2.14. The number of anilines is 3. The van der Waals surface area contributed by atoms with E-state index in [9.17, 15) is 0 Å². The third kappa shape index (κ3) is 3.47. The molecule has 2 N–H and O–H groups in total. The van der Waals surface area contributed by atoms with Crippen LogP contribution in [0.4, 0.5) is 17.8 Å². The van der Waals surface area contributed by atoms with E-state index in [1.54, 1.807) is 0 Å². The molecule has 2 fully saturated rings. The molecule has 7 nitrogen and oxygen atoms in total. The van der Waals surface area contributed by atoms with Crippen molar-refractivity contribution in [2.75, 3.05) is 54.9 Å². The van der Waals surface area contributed by atoms with Gasteiger partial charge in [0, 0.05) is 26.2 Å². The van der Waals surface area contributed by atoms with Crippen LogP contribution >= 0.6 is 0 Å². The molecular formula is C13H22N6O. The Hall–Kier alpha value is -1.63. The van der Waals surface area contributed by atoms with Gasteiger partial charge in [0.2, 0.25) is 17.8 Å². The van der Waals surface area contributed by atoms with Gasteiger partial charge in [-0.1, -0.05) is 0 Å². The van der Waals surface area contributed by atoms with Crippen LogP contribution in [-0.2, 0) is 4.74 Å². The molecule has 110 valence electrons. The summed E-state index contributed by atoms with van der Waals surface area (Å²) in [5.74, 6) is 2.84. The van der Waals surface area contributed by atoms with E-state index in [4.69, 9.17) is 4.74 Å². The van der Waals surface area contributed by atoms with Gasteiger partial charge in [-0.05, 0) is 25.7 Å². The second-order valence-electron chi connectivity index (χ2n) is 5.24. The predicted octanol–water partition coefficient (Wildman–Crippen LogP) is 0.962. The first kappa shape index (κ1) is 13.4. The molecule has 1 saturated heterocycles. The van der Waals surface area contributed by atoms with Crippen molar-refractivity contribution in [3.63, 3.8) is 0 Å². The number of hydrogen-bond donors (Lipinski definition) is 2. The maximum Gasteiger partial charge on any atom is 0.232 e. The molecule has 1 aliphatic carbocycles. The van der Waals surface area contributed by atoms with Gasteiger partial charge in [-0.15, -0.1) is 0 Å². The van der Waals surface area contributed by atoms with E-state index in [1.165, 1.54) is 12.8 Å². The van der Waals surface area contributed by atoms with E-state index >= 15 is 0 Å². The maximum atomic E-state index is 5.37. The van der Waals surface area contributed by atoms with Gasteiger partial charge in [0.05, 0.1) is 13.2 Å². The van der Waals surface area contributed by atoms with E-state index in [1.807, 2.05) is 6.92 Å². The zero-order valence-corrected chi connectivity index (χ0v) is 11.9. The second-order valence-corrected chi connectivity index (χ2v) is 5.24. The van der Waals surface area contributed by atoms with Crippen molar-refractivity contribution >= 4 is 17.8 Å². The van der Waals surface area contributed by atoms with E-state index in [2.05, 4.69) is 30.5 Å². The van der Waals surface area contributed by atoms with E-state index in [-0.39, 0.29) is 0 Å². The highest BCUT2D eigenvalue weighted by Gasteiger charge is 2.22. The van der Waals surface area contributed by atoms with Crippen molar-refractivity contribution in [2.24, 2.45) is 5.92 Å². The quantitative estimate of drug-likeness (QED) is 0.802. The van der Waals surface area contributed by atoms with Crippen LogP contribution in [0, 0.1) is 5.92 Å². The van der Waals surface area contributed by atoms with Gasteiger partial charge < -0.3 is 20.3 Å². The Bertz CT molecular complexity index is 444. The molecule has 2 heterocycles. The van der Waals surface area contributed by atoms with Crippen LogP contribution in [0.3, 0.4) is 0 Å². The molecule has 0 amide bonds. The van der Waals surface area contributed by atoms with Crippen LogP contribution in [0.5, 0.6) is 0 Å². The zero-order valence-electron chi connectivity index (χ0n) is 11.9. The summed E-state index contributed by atoms with van der Waals surface area (Å²) in [6.07, 6.45) is 2.63. The van der Waals surface area contributed by atoms with Crippen LogP contribution in [-0.4, -0.2) is 54.3 Å². The van der Waals surface area contributed by atoms with E-state index in [0.29, 0.717) is 11.9 Å². The van der Waals surface area contributed by atoms with Gasteiger partial charge in [-0.25, -0.2) is 0 Å². The Kier molecular flexibility index (Phi) is 4.15. The average molecular weight is 278 g/mol. The number of morpholine rings is 1. The highest BCUT2D eigenvalue weighted by atomic mass is 16.5. The molecule has 1 saturated carbocycles. The Morgan fingerprint density at radius 3 is 2.45 bits per heavy atom. The summed E-state index contributed by atoms with van der Waals surface area (Å²) in [5, 5.41) is 6.50. The highest BCUT2D eigenvalue weighted by Crippen LogP contribution is 2.28. The van der Waals surface area contributed by atoms with Crippen LogP contribution in [0.1, 0.15) is 19.8 Å². The largest absolute Gasteiger partial charge is 0.378 e. The molecule has 7 heteroatoms. The molecular weight excluding hydrogens is 256 g/mol. The molecule has 20 heavy (non-hydrogen) atoms. The first-order chi connectivity index (χ1) is 9.85. The van der Waals surface area contributed by atoms with Crippen LogP contribution in [0.2, 0.25) is 0 Å². The van der Waals surface area contributed by atoms with Crippen molar-refractivity contribution in [1.29, 1.82) is 0 Å². The summed E-state index contributed by atoms with van der Waals surface area (Å²) in [5.41, 5.74) is 0. The topological polar surface area (TPSA) is 75.2 Å². The van der Waals surface area contributed by atoms with Crippen molar-refractivity contribution < 1.29 is 4.74 Å². The summed E-state index contributed by atoms with van der Waals surface area (Å²) in [6, 6.07) is 0. The fourth-order valence-corrected chi connectivity index (χ4v) is 2.14. The minimum atomic E-state index is 0.641. The molecule has 0 bridgehead atoms. The molecule has 0 atom stereocenters. The lowest BCUT2D eigenvalue weighted by molar-refractivity contribution is 0.122. The minimum absolute atomic E-state index is 0.641. The SMILES string of the molecule is CCNc1nc(NCC2CC2)nc(N2CCOCC2)n1. The summed E-state index contributed by atoms with van der Waals surface area (Å²) in [4.78, 5) is 15.6. The van der Waals surface area contributed by atoms with Crippen LogP contribution in [0.25, 0.3) is 0 Å². The molecule has 1 aromatic heterocycles. The number of rotatable bonds is 6. The molecule has 0 aromatic carbocycles. The number of nitrogens with zero attached hydrogens (tertiary/aromatic N) is 4. The lowest BCUT2D eigenvalue weighted by atomic mass is 10.4. The van der Waals surface area contributed by atoms with Crippen molar-refractivity contribution in [2.45, 2.75) is 19.8 Å². The Balaban J connectivity index is 1.74. The van der Waals surface area contributed by atoms with Crippen molar-refractivity contribution in [3.05, 3.63) is 0 Å². The van der Waals surface area contributed by atoms with Crippen LogP contribution < -0.4 is 15.5 Å². The molecule has 1 aromatic rings. The molecule has 0 unspecified atom stereocenters.